The minimum atomic E-state index is -0.248. The van der Waals surface area contributed by atoms with E-state index in [9.17, 15) is 4.39 Å². The molecular formula is C16H20FN5S. The number of halogens is 1. The van der Waals surface area contributed by atoms with Gasteiger partial charge in [-0.2, -0.15) is 16.9 Å². The fraction of sp³-hybridized carbons (Fsp3) is 0.375. The third-order valence-electron chi connectivity index (χ3n) is 3.71. The maximum atomic E-state index is 12.9. The van der Waals surface area contributed by atoms with E-state index in [0.29, 0.717) is 12.5 Å². The predicted molar refractivity (Wildman–Crippen MR) is 92.6 cm³/mol. The van der Waals surface area contributed by atoms with E-state index in [0.717, 1.165) is 42.4 Å². The van der Waals surface area contributed by atoms with E-state index >= 15 is 0 Å². The van der Waals surface area contributed by atoms with Gasteiger partial charge in [0.25, 0.3) is 0 Å². The highest BCUT2D eigenvalue weighted by Crippen LogP contribution is 2.10. The largest absolute Gasteiger partial charge is 0.370 e. The van der Waals surface area contributed by atoms with Crippen molar-refractivity contribution in [3.05, 3.63) is 48.0 Å². The van der Waals surface area contributed by atoms with Crippen LogP contribution in [0.5, 0.6) is 0 Å². The maximum absolute atomic E-state index is 12.9. The lowest BCUT2D eigenvalue weighted by Gasteiger charge is -2.27. The molecule has 0 aliphatic carbocycles. The highest BCUT2D eigenvalue weighted by atomic mass is 32.2. The first-order chi connectivity index (χ1) is 11.2. The van der Waals surface area contributed by atoms with Crippen molar-refractivity contribution in [3.63, 3.8) is 0 Å². The second kappa shape index (κ2) is 7.50. The van der Waals surface area contributed by atoms with E-state index in [4.69, 9.17) is 5.73 Å². The van der Waals surface area contributed by atoms with Crippen LogP contribution in [0.25, 0.3) is 5.69 Å². The monoisotopic (exact) mass is 333 g/mol. The second-order valence-corrected chi connectivity index (χ2v) is 6.54. The summed E-state index contributed by atoms with van der Waals surface area (Å²) in [6.45, 7) is 2.56. The van der Waals surface area contributed by atoms with E-state index in [1.54, 1.807) is 16.8 Å². The molecule has 7 heteroatoms. The Morgan fingerprint density at radius 1 is 1.22 bits per heavy atom. The van der Waals surface area contributed by atoms with Crippen LogP contribution in [-0.2, 0) is 6.42 Å². The van der Waals surface area contributed by atoms with Crippen LogP contribution in [0.1, 0.15) is 5.69 Å². The van der Waals surface area contributed by atoms with Gasteiger partial charge < -0.3 is 10.6 Å². The molecule has 23 heavy (non-hydrogen) atoms. The first-order valence-corrected chi connectivity index (χ1v) is 8.81. The first kappa shape index (κ1) is 15.9. The van der Waals surface area contributed by atoms with Crippen LogP contribution in [0.3, 0.4) is 0 Å². The Labute approximate surface area is 139 Å². The van der Waals surface area contributed by atoms with E-state index in [1.165, 1.54) is 12.1 Å². The van der Waals surface area contributed by atoms with Crippen molar-refractivity contribution in [2.75, 3.05) is 31.1 Å². The Bertz CT molecular complexity index is 661. The Kier molecular flexibility index (Phi) is 5.17. The number of nitrogens with two attached hydrogens (primary N) is 1. The number of rotatable bonds is 4. The van der Waals surface area contributed by atoms with Crippen LogP contribution in [0.4, 0.5) is 4.39 Å². The molecule has 0 saturated carbocycles. The summed E-state index contributed by atoms with van der Waals surface area (Å²) in [5.41, 5.74) is 7.81. The average Bonchev–Trinajstić information content (AvgIpc) is 3.05. The molecule has 2 N–H and O–H groups in total. The van der Waals surface area contributed by atoms with E-state index < -0.39 is 0 Å². The molecule has 1 aromatic heterocycles. The van der Waals surface area contributed by atoms with Crippen molar-refractivity contribution in [3.8, 4) is 5.69 Å². The van der Waals surface area contributed by atoms with E-state index in [1.807, 2.05) is 24.0 Å². The standard InChI is InChI=1S/C16H20FN5S/c17-13-1-3-15(4-2-13)22-8-6-14(20-22)5-7-19-16(18)21-9-11-23-12-10-21/h1-4,6,8H,5,7,9-12H2,(H2,18,19). The molecule has 0 atom stereocenters. The summed E-state index contributed by atoms with van der Waals surface area (Å²) < 4.78 is 14.7. The number of thioether (sulfide) groups is 1. The summed E-state index contributed by atoms with van der Waals surface area (Å²) in [7, 11) is 0. The van der Waals surface area contributed by atoms with Crippen LogP contribution in [0.15, 0.2) is 41.5 Å². The fourth-order valence-electron chi connectivity index (χ4n) is 2.41. The molecule has 1 fully saturated rings. The molecule has 0 amide bonds. The zero-order valence-electron chi connectivity index (χ0n) is 12.9. The van der Waals surface area contributed by atoms with Crippen molar-refractivity contribution in [2.45, 2.75) is 6.42 Å². The fourth-order valence-corrected chi connectivity index (χ4v) is 3.31. The molecule has 0 spiro atoms. The summed E-state index contributed by atoms with van der Waals surface area (Å²) in [6.07, 6.45) is 2.61. The zero-order chi connectivity index (χ0) is 16.1. The molecule has 2 heterocycles. The molecule has 1 aromatic carbocycles. The maximum Gasteiger partial charge on any atom is 0.191 e. The minimum absolute atomic E-state index is 0.248. The number of benzene rings is 1. The number of aliphatic imine (C=N–C) groups is 1. The van der Waals surface area contributed by atoms with Gasteiger partial charge in [0.15, 0.2) is 5.96 Å². The molecule has 2 aromatic rings. The number of nitrogens with zero attached hydrogens (tertiary/aromatic N) is 4. The van der Waals surface area contributed by atoms with Gasteiger partial charge in [-0.25, -0.2) is 9.07 Å². The Hall–Kier alpha value is -2.02. The van der Waals surface area contributed by atoms with Crippen LogP contribution in [-0.4, -0.2) is 51.8 Å². The molecule has 0 unspecified atom stereocenters. The number of guanidine groups is 1. The van der Waals surface area contributed by atoms with Gasteiger partial charge in [-0.15, -0.1) is 0 Å². The summed E-state index contributed by atoms with van der Waals surface area (Å²) >= 11 is 1.95. The Morgan fingerprint density at radius 3 is 2.70 bits per heavy atom. The summed E-state index contributed by atoms with van der Waals surface area (Å²) in [5.74, 6) is 2.60. The van der Waals surface area contributed by atoms with Gasteiger partial charge in [0.1, 0.15) is 5.82 Å². The van der Waals surface area contributed by atoms with Gasteiger partial charge in [-0.1, -0.05) is 0 Å². The molecular weight excluding hydrogens is 313 g/mol. The lowest BCUT2D eigenvalue weighted by atomic mass is 10.3. The molecule has 3 rings (SSSR count). The second-order valence-electron chi connectivity index (χ2n) is 5.32. The van der Waals surface area contributed by atoms with Crippen LogP contribution >= 0.6 is 11.8 Å². The minimum Gasteiger partial charge on any atom is -0.370 e. The zero-order valence-corrected chi connectivity index (χ0v) is 13.7. The lowest BCUT2D eigenvalue weighted by Crippen LogP contribution is -2.42. The van der Waals surface area contributed by atoms with Crippen LogP contribution in [0.2, 0.25) is 0 Å². The lowest BCUT2D eigenvalue weighted by molar-refractivity contribution is 0.456. The molecule has 0 radical (unpaired) electrons. The Balaban J connectivity index is 1.55. The van der Waals surface area contributed by atoms with E-state index in [2.05, 4.69) is 15.0 Å². The molecule has 1 aliphatic rings. The number of aromatic nitrogens is 2. The molecule has 122 valence electrons. The van der Waals surface area contributed by atoms with Crippen molar-refractivity contribution in [1.82, 2.24) is 14.7 Å². The average molecular weight is 333 g/mol. The normalized spacial score (nSPS) is 15.9. The predicted octanol–water partition coefficient (Wildman–Crippen LogP) is 1.92. The third-order valence-corrected chi connectivity index (χ3v) is 4.65. The quantitative estimate of drug-likeness (QED) is 0.686. The van der Waals surface area contributed by atoms with Crippen molar-refractivity contribution >= 4 is 17.7 Å². The molecule has 1 saturated heterocycles. The van der Waals surface area contributed by atoms with Crippen molar-refractivity contribution < 1.29 is 4.39 Å². The van der Waals surface area contributed by atoms with Crippen LogP contribution < -0.4 is 5.73 Å². The summed E-state index contributed by atoms with van der Waals surface area (Å²) in [4.78, 5) is 6.58. The van der Waals surface area contributed by atoms with E-state index in [-0.39, 0.29) is 5.82 Å². The van der Waals surface area contributed by atoms with Gasteiger partial charge in [-0.05, 0) is 30.3 Å². The number of hydrogen-bond acceptors (Lipinski definition) is 3. The topological polar surface area (TPSA) is 59.4 Å². The van der Waals surface area contributed by atoms with Gasteiger partial charge in [0.2, 0.25) is 0 Å². The summed E-state index contributed by atoms with van der Waals surface area (Å²) in [6, 6.07) is 8.22. The first-order valence-electron chi connectivity index (χ1n) is 7.65. The number of hydrogen-bond donors (Lipinski definition) is 1. The molecule has 1 aliphatic heterocycles. The van der Waals surface area contributed by atoms with Crippen molar-refractivity contribution in [2.24, 2.45) is 10.7 Å². The van der Waals surface area contributed by atoms with Crippen LogP contribution in [0, 0.1) is 5.82 Å². The third kappa shape index (κ3) is 4.25. The highest BCUT2D eigenvalue weighted by Gasteiger charge is 2.11. The van der Waals surface area contributed by atoms with Crippen molar-refractivity contribution in [1.29, 1.82) is 0 Å². The molecule has 5 nitrogen and oxygen atoms in total. The van der Waals surface area contributed by atoms with Gasteiger partial charge in [0, 0.05) is 43.8 Å². The Morgan fingerprint density at radius 2 is 1.96 bits per heavy atom. The van der Waals surface area contributed by atoms with Gasteiger partial charge in [-0.3, -0.25) is 4.99 Å². The highest BCUT2D eigenvalue weighted by molar-refractivity contribution is 7.99. The van der Waals surface area contributed by atoms with Gasteiger partial charge in [0.05, 0.1) is 11.4 Å². The smallest absolute Gasteiger partial charge is 0.191 e. The SMILES string of the molecule is NC(=NCCc1ccn(-c2ccc(F)cc2)n1)N1CCSCC1. The molecule has 0 bridgehead atoms. The summed E-state index contributed by atoms with van der Waals surface area (Å²) in [5, 5.41) is 4.49. The van der Waals surface area contributed by atoms with Gasteiger partial charge >= 0.3 is 0 Å².